The maximum absolute atomic E-state index is 12.9. The molecule has 1 amide bonds. The molecule has 1 aromatic carbocycles. The number of pyridine rings is 1. The van der Waals surface area contributed by atoms with Gasteiger partial charge in [0.25, 0.3) is 0 Å². The molecule has 0 spiro atoms. The average molecular weight is 600 g/mol. The fourth-order valence-corrected chi connectivity index (χ4v) is 5.08. The van der Waals surface area contributed by atoms with E-state index in [1.807, 2.05) is 4.72 Å². The molecule has 3 aromatic rings. The Morgan fingerprint density at radius 1 is 1.12 bits per heavy atom. The molecule has 4 atom stereocenters. The second kappa shape index (κ2) is 11.7. The summed E-state index contributed by atoms with van der Waals surface area (Å²) in [6, 6.07) is 5.95. The highest BCUT2D eigenvalue weighted by Crippen LogP contribution is 2.32. The number of rotatable bonds is 10. The van der Waals surface area contributed by atoms with E-state index in [4.69, 9.17) is 10.5 Å². The van der Waals surface area contributed by atoms with Crippen LogP contribution in [0.15, 0.2) is 42.9 Å². The van der Waals surface area contributed by atoms with Crippen LogP contribution >= 0.6 is 0 Å². The van der Waals surface area contributed by atoms with Gasteiger partial charge in [-0.05, 0) is 11.5 Å². The number of nitrogen functional groups attached to an aromatic ring is 1. The fourth-order valence-electron chi connectivity index (χ4n) is 4.22. The van der Waals surface area contributed by atoms with Crippen molar-refractivity contribution in [1.82, 2.24) is 24.0 Å². The molecule has 14 nitrogen and oxygen atoms in total. The number of benzene rings is 1. The zero-order chi connectivity index (χ0) is 30.1. The maximum Gasteiger partial charge on any atom is 0.451 e. The van der Waals surface area contributed by atoms with Crippen molar-refractivity contribution in [3.05, 3.63) is 48.4 Å². The third-order valence-corrected chi connectivity index (χ3v) is 7.31. The Morgan fingerprint density at radius 3 is 2.54 bits per heavy atom. The minimum Gasteiger partial charge on any atom is -0.440 e. The highest BCUT2D eigenvalue weighted by atomic mass is 32.2. The summed E-state index contributed by atoms with van der Waals surface area (Å²) in [6.07, 6.45) is -9.23. The lowest BCUT2D eigenvalue weighted by molar-refractivity contribution is -0.119. The number of amides is 1. The number of imidazole rings is 1. The maximum atomic E-state index is 12.9. The van der Waals surface area contributed by atoms with Gasteiger partial charge in [0.1, 0.15) is 23.8 Å². The summed E-state index contributed by atoms with van der Waals surface area (Å²) in [4.78, 5) is 32.9. The zero-order valence-electron chi connectivity index (χ0n) is 20.9. The van der Waals surface area contributed by atoms with Gasteiger partial charge in [0.05, 0.1) is 12.0 Å². The predicted molar refractivity (Wildman–Crippen MR) is 137 cm³/mol. The lowest BCUT2D eigenvalue weighted by Crippen LogP contribution is -2.47. The van der Waals surface area contributed by atoms with Gasteiger partial charge in [0.2, 0.25) is 5.91 Å². The van der Waals surface area contributed by atoms with Gasteiger partial charge in [-0.3, -0.25) is 14.2 Å². The van der Waals surface area contributed by atoms with E-state index in [0.29, 0.717) is 11.2 Å². The van der Waals surface area contributed by atoms with Crippen molar-refractivity contribution < 1.29 is 51.2 Å². The topological polar surface area (TPSA) is 219 Å². The minimum absolute atomic E-state index is 0.250. The third kappa shape index (κ3) is 6.66. The number of aliphatic hydroxyl groups is 2. The van der Waals surface area contributed by atoms with E-state index >= 15 is 0 Å². The molecule has 0 unspecified atom stereocenters. The second-order valence-electron chi connectivity index (χ2n) is 9.10. The molecule has 1 fully saturated rings. The van der Waals surface area contributed by atoms with Gasteiger partial charge in [-0.15, -0.1) is 0 Å². The van der Waals surface area contributed by atoms with Crippen molar-refractivity contribution in [2.45, 2.75) is 43.5 Å². The van der Waals surface area contributed by atoms with Crippen LogP contribution in [0.5, 0.6) is 0 Å². The van der Waals surface area contributed by atoms with Crippen LogP contribution in [0.25, 0.3) is 11.2 Å². The standard InChI is InChI=1S/C22H24BF3N6O8S/c24-22(25,26)23(37)12-4-2-1-3-11(12)14(33)5-6-16(34)31-41(38,39)30-9-15-18(35)19(36)21(40-15)32-10-29-17-13(27)7-8-28-20(17)32/h1-4,7-8,10,15,18-19,21,30,35-37H,5-6,9H2,(H2,27,28)(H,31,34)/t15-,18-,19-,21-/m1/s1. The van der Waals surface area contributed by atoms with Crippen molar-refractivity contribution >= 4 is 51.1 Å². The Hall–Kier alpha value is -3.62. The first-order valence-electron chi connectivity index (χ1n) is 12.0. The first-order chi connectivity index (χ1) is 19.2. The van der Waals surface area contributed by atoms with Crippen LogP contribution in [-0.4, -0.2) is 87.7 Å². The van der Waals surface area contributed by atoms with Crippen molar-refractivity contribution in [2.75, 3.05) is 12.3 Å². The molecule has 220 valence electrons. The van der Waals surface area contributed by atoms with E-state index < -0.39 is 89.8 Å². The number of halogens is 3. The van der Waals surface area contributed by atoms with E-state index in [-0.39, 0.29) is 5.65 Å². The lowest BCUT2D eigenvalue weighted by atomic mass is 9.58. The molecule has 3 heterocycles. The number of aliphatic hydroxyl groups excluding tert-OH is 2. The van der Waals surface area contributed by atoms with Gasteiger partial charge in [0, 0.05) is 31.1 Å². The molecule has 0 bridgehead atoms. The Balaban J connectivity index is 1.32. The number of fused-ring (bicyclic) bond motifs is 1. The smallest absolute Gasteiger partial charge is 0.440 e. The predicted octanol–water partition coefficient (Wildman–Crippen LogP) is -1.46. The van der Waals surface area contributed by atoms with Gasteiger partial charge >= 0.3 is 23.2 Å². The summed E-state index contributed by atoms with van der Waals surface area (Å²) >= 11 is 0. The number of anilines is 1. The number of carbonyl (C=O) groups excluding carboxylic acids is 2. The van der Waals surface area contributed by atoms with Crippen LogP contribution in [0.3, 0.4) is 0 Å². The first-order valence-corrected chi connectivity index (χ1v) is 13.4. The number of nitrogens with zero attached hydrogens (tertiary/aromatic N) is 3. The normalized spacial score (nSPS) is 21.2. The van der Waals surface area contributed by atoms with Crippen molar-refractivity contribution in [2.24, 2.45) is 0 Å². The number of hydrogen-bond acceptors (Lipinski definition) is 11. The summed E-state index contributed by atoms with van der Waals surface area (Å²) in [6.45, 7) is -3.50. The molecular weight excluding hydrogens is 576 g/mol. The van der Waals surface area contributed by atoms with Crippen molar-refractivity contribution in [3.8, 4) is 0 Å². The Bertz CT molecular complexity index is 1560. The van der Waals surface area contributed by atoms with Gasteiger partial charge in [-0.2, -0.15) is 26.3 Å². The Labute approximate surface area is 230 Å². The lowest BCUT2D eigenvalue weighted by Gasteiger charge is -2.16. The average Bonchev–Trinajstić information content (AvgIpc) is 3.46. The number of hydrogen-bond donors (Lipinski definition) is 6. The van der Waals surface area contributed by atoms with Crippen molar-refractivity contribution in [3.63, 3.8) is 0 Å². The van der Waals surface area contributed by atoms with Gasteiger partial charge in [-0.25, -0.2) is 14.7 Å². The number of Topliss-reactive ketones (excluding diaryl/α,β-unsaturated/α-hetero) is 1. The molecule has 2 aromatic heterocycles. The summed E-state index contributed by atoms with van der Waals surface area (Å²) in [5.41, 5.74) is 5.57. The molecule has 19 heteroatoms. The van der Waals surface area contributed by atoms with E-state index in [9.17, 15) is 46.4 Å². The zero-order valence-corrected chi connectivity index (χ0v) is 21.7. The van der Waals surface area contributed by atoms with Crippen LogP contribution in [0, 0.1) is 0 Å². The van der Waals surface area contributed by atoms with Crippen molar-refractivity contribution in [1.29, 1.82) is 0 Å². The monoisotopic (exact) mass is 600 g/mol. The molecule has 1 saturated heterocycles. The summed E-state index contributed by atoms with van der Waals surface area (Å²) < 4.78 is 74.1. The number of ether oxygens (including phenoxy) is 1. The van der Waals surface area contributed by atoms with Gasteiger partial charge < -0.3 is 25.7 Å². The van der Waals surface area contributed by atoms with E-state index in [2.05, 4.69) is 9.97 Å². The van der Waals surface area contributed by atoms with E-state index in [1.54, 1.807) is 4.72 Å². The van der Waals surface area contributed by atoms with Crippen LogP contribution in [-0.2, 0) is 19.7 Å². The molecule has 4 rings (SSSR count). The molecule has 41 heavy (non-hydrogen) atoms. The molecular formula is C22H24BF3N6O8S. The molecule has 0 aliphatic carbocycles. The van der Waals surface area contributed by atoms with E-state index in [1.165, 1.54) is 35.3 Å². The second-order valence-corrected chi connectivity index (χ2v) is 10.6. The third-order valence-electron chi connectivity index (χ3n) is 6.27. The fraction of sp³-hybridized carbons (Fsp3) is 0.364. The number of aromatic nitrogens is 3. The number of alkyl halides is 3. The van der Waals surface area contributed by atoms with Gasteiger partial charge in [0.15, 0.2) is 17.7 Å². The Morgan fingerprint density at radius 2 is 1.83 bits per heavy atom. The number of nitrogens with two attached hydrogens (primary N) is 1. The van der Waals surface area contributed by atoms with Crippen LogP contribution in [0.2, 0.25) is 0 Å². The highest BCUT2D eigenvalue weighted by Gasteiger charge is 2.47. The van der Waals surface area contributed by atoms with E-state index in [0.717, 1.165) is 12.1 Å². The van der Waals surface area contributed by atoms with Crippen LogP contribution in [0.4, 0.5) is 18.9 Å². The molecule has 1 aliphatic rings. The largest absolute Gasteiger partial charge is 0.451 e. The first kappa shape index (κ1) is 30.3. The quantitative estimate of drug-likeness (QED) is 0.117. The number of ketones is 1. The number of nitrogens with one attached hydrogen (secondary N) is 2. The van der Waals surface area contributed by atoms with Crippen LogP contribution in [0.1, 0.15) is 29.4 Å². The molecule has 0 saturated carbocycles. The summed E-state index contributed by atoms with van der Waals surface area (Å²) in [5, 5.41) is 30.4. The molecule has 0 radical (unpaired) electrons. The minimum atomic E-state index is -5.03. The Kier molecular flexibility index (Phi) is 8.66. The SMILES string of the molecule is Nc1ccnc2c1ncn2[C@@H]1O[C@H](CNS(=O)(=O)NC(=O)CCC(=O)c2ccccc2B(O)C(F)(F)F)[C@@H](O)[C@H]1O. The van der Waals surface area contributed by atoms with Gasteiger partial charge in [-0.1, -0.05) is 24.3 Å². The molecule has 1 aliphatic heterocycles. The van der Waals surface area contributed by atoms with Crippen LogP contribution < -0.4 is 20.6 Å². The summed E-state index contributed by atoms with van der Waals surface area (Å²) in [5.74, 6) is -2.07. The number of carbonyl (C=O) groups is 2. The highest BCUT2D eigenvalue weighted by molar-refractivity contribution is 7.88. The molecule has 7 N–H and O–H groups in total. The summed E-state index contributed by atoms with van der Waals surface area (Å²) in [7, 11) is -4.54.